The normalized spacial score (nSPS) is 12.5. The van der Waals surface area contributed by atoms with Crippen LogP contribution in [0.3, 0.4) is 0 Å². The van der Waals surface area contributed by atoms with Crippen LogP contribution in [0.4, 0.5) is 26.3 Å². The summed E-state index contributed by atoms with van der Waals surface area (Å²) in [5.41, 5.74) is 21.0. The first-order valence-corrected chi connectivity index (χ1v) is 44.9. The first-order chi connectivity index (χ1) is 66.6. The van der Waals surface area contributed by atoms with Crippen molar-refractivity contribution in [2.75, 3.05) is 0 Å². The topological polar surface area (TPSA) is 342 Å². The van der Waals surface area contributed by atoms with Gasteiger partial charge in [-0.1, -0.05) is 97.1 Å². The number of carbonyl (C=O) groups is 1. The molecule has 4 aliphatic carbocycles. The average molecular weight is 2810 g/mol. The zero-order valence-corrected chi connectivity index (χ0v) is 89.8. The van der Waals surface area contributed by atoms with Gasteiger partial charge < -0.3 is 66.3 Å². The van der Waals surface area contributed by atoms with E-state index in [4.69, 9.17) is 65.4 Å². The Morgan fingerprint density at radius 1 is 0.296 bits per heavy atom. The zero-order valence-electron chi connectivity index (χ0n) is 77.8. The van der Waals surface area contributed by atoms with E-state index in [1.165, 1.54) is 104 Å². The molecule has 0 aliphatic heterocycles. The molecule has 4 unspecified atom stereocenters. The second-order valence-electron chi connectivity index (χ2n) is 31.8. The van der Waals surface area contributed by atoms with Gasteiger partial charge in [0.15, 0.2) is 0 Å². The molecule has 0 saturated heterocycles. The number of aryl methyl sites for hydroxylation is 8. The second kappa shape index (κ2) is 64.7. The zero-order chi connectivity index (χ0) is 96.9. The van der Waals surface area contributed by atoms with E-state index in [1.807, 2.05) is 24.3 Å². The summed E-state index contributed by atoms with van der Waals surface area (Å²) in [6.45, 7) is 6.64. The second-order valence-corrected chi connectivity index (χ2v) is 31.8. The van der Waals surface area contributed by atoms with Gasteiger partial charge in [0.2, 0.25) is 0 Å². The molecule has 9 aromatic heterocycles. The summed E-state index contributed by atoms with van der Waals surface area (Å²) in [5.74, 6) is -2.89. The van der Waals surface area contributed by atoms with Crippen molar-refractivity contribution in [3.05, 3.63) is 391 Å². The Labute approximate surface area is 889 Å². The van der Waals surface area contributed by atoms with Crippen LogP contribution in [0.1, 0.15) is 148 Å². The van der Waals surface area contributed by atoms with Crippen molar-refractivity contribution >= 4 is 5.97 Å². The van der Waals surface area contributed by atoms with E-state index >= 15 is 0 Å². The summed E-state index contributed by atoms with van der Waals surface area (Å²) < 4.78 is 79.5. The quantitative estimate of drug-likeness (QED) is 0.0529. The largest absolute Gasteiger partial charge is 3.00 e. The smallest absolute Gasteiger partial charge is 0.582 e. The Morgan fingerprint density at radius 2 is 0.542 bits per heavy atom. The fraction of sp³-hybridized carbons (Fsp3) is 0.241. The number of aliphatic hydroxyl groups excluding tert-OH is 4. The molecule has 21 rings (SSSR count). The van der Waals surface area contributed by atoms with E-state index in [0.717, 1.165) is 169 Å². The number of aromatic carboxylic acids is 1. The Kier molecular flexibility index (Phi) is 54.2. The molecule has 0 spiro atoms. The summed E-state index contributed by atoms with van der Waals surface area (Å²) in [6, 6.07) is 74.0. The van der Waals surface area contributed by atoms with Gasteiger partial charge in [-0.3, -0.25) is 53.0 Å². The molecule has 9 heterocycles. The van der Waals surface area contributed by atoms with E-state index in [9.17, 15) is 31.1 Å². The first-order valence-electron chi connectivity index (χ1n) is 44.9. The molecule has 748 valence electrons. The number of hydrogen-bond donors (Lipinski definition) is 5. The van der Waals surface area contributed by atoms with Gasteiger partial charge in [-0.05, 0) is 214 Å². The molecule has 4 atom stereocenters. The number of fused-ring (bicyclic) bond motifs is 4. The van der Waals surface area contributed by atoms with Crippen LogP contribution >= 0.6 is 0 Å². The maximum Gasteiger partial charge on any atom is 3.00 e. The van der Waals surface area contributed by atoms with Crippen LogP contribution in [0.25, 0.3) is 90.1 Å². The molecule has 5 N–H and O–H groups in total. The first kappa shape index (κ1) is 119. The Balaban J connectivity index is 0.000000251. The Bertz CT molecular complexity index is 5490. The van der Waals surface area contributed by atoms with Crippen molar-refractivity contribution < 1.29 is 157 Å². The summed E-state index contributed by atoms with van der Waals surface area (Å²) in [7, 11) is 0. The van der Waals surface area contributed by atoms with Gasteiger partial charge in [0.05, 0.1) is 92.7 Å². The van der Waals surface area contributed by atoms with E-state index in [1.54, 1.807) is 168 Å². The number of halogens is 6. The van der Waals surface area contributed by atoms with Gasteiger partial charge in [0, 0.05) is 152 Å². The number of nitrogens with zero attached hydrogens (tertiary/aromatic N) is 17. The molecule has 4 aliphatic rings. The molecular formula is C108H103F6Ir5N17O6-5. The van der Waals surface area contributed by atoms with Crippen LogP contribution in [0, 0.1) is 59.2 Å². The van der Waals surface area contributed by atoms with Crippen LogP contribution in [0.15, 0.2) is 280 Å². The predicted octanol–water partition coefficient (Wildman–Crippen LogP) is 20.0. The standard InChI is InChI=1S/3C20H15F2N2.C20H17N2.C6H5NO2.2C5H12O2.4C3H3N2.5Ir/c3*21-15-9-5-13(6-10-15)19-20(14-7-11-16(22)12-8-14)24-18-4-2-1-3-17(18)23-19;1-3-9-15(10-4-1)19-20(16-11-5-2-6-12-16)22-18-14-8-7-13-17(18)21-19;8-6(9)5-3-1-2-4-7-5;2*1-4(6)3-5(2)7;4*1-2-4-5-3-1;;;;;/h3*5-7,9-12H,1-4H2;1-6,9-11H,7-8,13-14H2;1-4H,(H,8,9);2*4-7H,3H2,1-2H3;4*1-3H;;;;;/q4*-1;;;;4*-1;;;;;+3. The van der Waals surface area contributed by atoms with Crippen LogP contribution < -0.4 is 20.4 Å². The van der Waals surface area contributed by atoms with Gasteiger partial charge in [-0.2, -0.15) is 24.8 Å². The van der Waals surface area contributed by atoms with Gasteiger partial charge >= 0.3 is 26.1 Å². The molecule has 4 radical (unpaired) electrons. The minimum atomic E-state index is -0.990. The van der Waals surface area contributed by atoms with Crippen LogP contribution in [-0.2, 0) is 152 Å². The number of rotatable bonds is 13. The van der Waals surface area contributed by atoms with Gasteiger partial charge in [0.1, 0.15) is 23.1 Å². The van der Waals surface area contributed by atoms with Crippen molar-refractivity contribution in [3.63, 3.8) is 0 Å². The molecule has 34 heteroatoms. The van der Waals surface area contributed by atoms with Crippen molar-refractivity contribution in [2.24, 2.45) is 0 Å². The van der Waals surface area contributed by atoms with Crippen molar-refractivity contribution in [2.45, 2.75) is 168 Å². The van der Waals surface area contributed by atoms with Crippen LogP contribution in [0.5, 0.6) is 0 Å². The van der Waals surface area contributed by atoms with Gasteiger partial charge in [-0.15, -0.1) is 125 Å². The molecule has 8 aromatic carbocycles. The number of aromatic nitrogens is 17. The number of aliphatic hydroxyl groups is 4. The molecule has 23 nitrogen and oxygen atoms in total. The molecule has 0 amide bonds. The molecule has 0 fully saturated rings. The van der Waals surface area contributed by atoms with Gasteiger partial charge in [0.25, 0.3) is 0 Å². The third kappa shape index (κ3) is 39.8. The van der Waals surface area contributed by atoms with Crippen LogP contribution in [0.2, 0.25) is 0 Å². The number of pyridine rings is 1. The van der Waals surface area contributed by atoms with Gasteiger partial charge in [-0.25, -0.2) is 22.9 Å². The molecule has 0 bridgehead atoms. The monoisotopic (exact) mass is 2810 g/mol. The summed E-state index contributed by atoms with van der Waals surface area (Å²) in [6.07, 6.45) is 30.6. The average Bonchev–Trinajstić information content (AvgIpc) is 0.865. The summed E-state index contributed by atoms with van der Waals surface area (Å²) >= 11 is 0. The predicted molar refractivity (Wildman–Crippen MR) is 511 cm³/mol. The number of benzene rings is 8. The van der Waals surface area contributed by atoms with E-state index in [0.29, 0.717) is 63.7 Å². The van der Waals surface area contributed by atoms with Crippen molar-refractivity contribution in [3.8, 4) is 90.1 Å². The minimum Gasteiger partial charge on any atom is -0.582 e. The number of carboxylic acids is 1. The summed E-state index contributed by atoms with van der Waals surface area (Å²) in [5, 5.41) is 70.4. The molecule has 17 aromatic rings. The van der Waals surface area contributed by atoms with E-state index < -0.39 is 5.97 Å². The Morgan fingerprint density at radius 3 is 0.732 bits per heavy atom. The Hall–Kier alpha value is -11.8. The SMILES string of the molecule is CC(O)CC(C)O.CC(O)CC(C)O.Fc1c[c-]c(-c2nc3c(nc2-c2ccc(F)cc2)CCCC3)cc1.Fc1c[c-]c(-c2nc3c(nc2-c2ccc(F)cc2)CCCC3)cc1.Fc1c[c-]c(-c2nc3c(nc2-c2ccc(F)cc2)CCCC3)cc1.O=C(O)c1ccccn1.[Ir+3].[Ir].[Ir].[Ir].[Ir].[c-]1ccccc1-c1nc2c(nc1-c1ccccc1)CCCC2.c1cn[n-]c1.c1cn[n-]c1.c1cn[n-]c1.c1cn[n-]c1. The summed E-state index contributed by atoms with van der Waals surface area (Å²) in [4.78, 5) is 52.5. The fourth-order valence-corrected chi connectivity index (χ4v) is 14.4. The number of hydrogen-bond acceptors (Lipinski definition) is 18. The molecular weight excluding hydrogens is 2710 g/mol. The van der Waals surface area contributed by atoms with E-state index in [-0.39, 0.29) is 166 Å². The number of carboxylic acid groups (broad SMARTS) is 1. The minimum absolute atomic E-state index is 0. The maximum atomic E-state index is 13.3. The fourth-order valence-electron chi connectivity index (χ4n) is 14.4. The molecule has 0 saturated carbocycles. The maximum absolute atomic E-state index is 13.3. The van der Waals surface area contributed by atoms with Crippen LogP contribution in [-0.4, -0.2) is 121 Å². The molecule has 142 heavy (non-hydrogen) atoms. The van der Waals surface area contributed by atoms with Crippen molar-refractivity contribution in [1.82, 2.24) is 85.6 Å². The van der Waals surface area contributed by atoms with Crippen molar-refractivity contribution in [1.29, 1.82) is 0 Å². The third-order valence-electron chi connectivity index (χ3n) is 20.7. The third-order valence-corrected chi connectivity index (χ3v) is 20.7. The van der Waals surface area contributed by atoms with E-state index in [2.05, 4.69) is 100 Å².